The first kappa shape index (κ1) is 24.8. The number of hydrogen-bond donors (Lipinski definition) is 1. The number of amides is 1. The molecule has 1 N–H and O–H groups in total. The predicted molar refractivity (Wildman–Crippen MR) is 121 cm³/mol. The van der Waals surface area contributed by atoms with Crippen LogP contribution >= 0.6 is 0 Å². The number of benzene rings is 1. The zero-order chi connectivity index (χ0) is 24.0. The number of nitrogens with zero attached hydrogens (tertiary/aromatic N) is 3. The summed E-state index contributed by atoms with van der Waals surface area (Å²) in [6, 6.07) is 10.1. The number of ether oxygens (including phenoxy) is 1. The van der Waals surface area contributed by atoms with E-state index in [0.717, 1.165) is 36.5 Å². The zero-order valence-corrected chi connectivity index (χ0v) is 19.2. The van der Waals surface area contributed by atoms with E-state index < -0.39 is 11.7 Å². The first-order valence-electron chi connectivity index (χ1n) is 11.1. The van der Waals surface area contributed by atoms with Crippen molar-refractivity contribution in [3.8, 4) is 5.75 Å². The maximum absolute atomic E-state index is 12.8. The summed E-state index contributed by atoms with van der Waals surface area (Å²) in [5.41, 5.74) is 0.269. The summed E-state index contributed by atoms with van der Waals surface area (Å²) in [6.07, 6.45) is -2.73. The fourth-order valence-corrected chi connectivity index (χ4v) is 3.97. The topological polar surface area (TPSA) is 57.7 Å². The number of alkyl halides is 3. The van der Waals surface area contributed by atoms with Gasteiger partial charge in [-0.3, -0.25) is 9.69 Å². The van der Waals surface area contributed by atoms with Gasteiger partial charge in [0.2, 0.25) is 5.91 Å². The van der Waals surface area contributed by atoms with Crippen LogP contribution in [0, 0.1) is 5.92 Å². The molecule has 0 spiro atoms. The molecular weight excluding hydrogens is 433 g/mol. The third-order valence-corrected chi connectivity index (χ3v) is 5.81. The van der Waals surface area contributed by atoms with Gasteiger partial charge in [0.05, 0.1) is 25.3 Å². The normalized spacial score (nSPS) is 16.4. The second kappa shape index (κ2) is 10.9. The Bertz CT molecular complexity index is 901. The summed E-state index contributed by atoms with van der Waals surface area (Å²) in [4.78, 5) is 20.8. The highest BCUT2D eigenvalue weighted by Crippen LogP contribution is 2.29. The predicted octanol–water partition coefficient (Wildman–Crippen LogP) is 4.13. The van der Waals surface area contributed by atoms with Crippen molar-refractivity contribution < 1.29 is 22.7 Å². The third-order valence-electron chi connectivity index (χ3n) is 5.81. The first-order chi connectivity index (χ1) is 15.7. The summed E-state index contributed by atoms with van der Waals surface area (Å²) in [7, 11) is 1.62. The minimum absolute atomic E-state index is 0.0503. The quantitative estimate of drug-likeness (QED) is 0.668. The van der Waals surface area contributed by atoms with Crippen molar-refractivity contribution in [3.05, 3.63) is 53.7 Å². The molecule has 2 aromatic rings. The Kier molecular flexibility index (Phi) is 8.18. The molecule has 1 atom stereocenters. The Morgan fingerprint density at radius 1 is 1.09 bits per heavy atom. The molecule has 6 nitrogen and oxygen atoms in total. The number of rotatable bonds is 7. The molecule has 0 aliphatic carbocycles. The van der Waals surface area contributed by atoms with Crippen molar-refractivity contribution in [2.45, 2.75) is 32.5 Å². The van der Waals surface area contributed by atoms with Gasteiger partial charge in [0.1, 0.15) is 11.6 Å². The number of carbonyl (C=O) groups excluding carboxylic acids is 1. The standard InChI is InChI=1S/C24H31F3N4O2/c1-17(2)23(18-5-8-20(33-3)9-6-18)29-22(32)16-30-11-4-12-31(14-13-30)21-10-7-19(15-28-21)24(25,26)27/h5-10,15,17,23H,4,11-14,16H2,1-3H3,(H,29,32). The summed E-state index contributed by atoms with van der Waals surface area (Å²) < 4.78 is 43.5. The summed E-state index contributed by atoms with van der Waals surface area (Å²) in [6.45, 7) is 7.04. The Labute approximate surface area is 192 Å². The highest BCUT2D eigenvalue weighted by Gasteiger charge is 2.31. The summed E-state index contributed by atoms with van der Waals surface area (Å²) >= 11 is 0. The largest absolute Gasteiger partial charge is 0.497 e. The van der Waals surface area contributed by atoms with E-state index in [1.165, 1.54) is 6.07 Å². The lowest BCUT2D eigenvalue weighted by atomic mass is 9.96. The molecule has 0 radical (unpaired) electrons. The van der Waals surface area contributed by atoms with Gasteiger partial charge < -0.3 is 15.0 Å². The molecule has 1 aromatic carbocycles. The average Bonchev–Trinajstić information content (AvgIpc) is 3.02. The molecule has 33 heavy (non-hydrogen) atoms. The Hall–Kier alpha value is -2.81. The number of anilines is 1. The van der Waals surface area contributed by atoms with E-state index in [0.29, 0.717) is 25.5 Å². The van der Waals surface area contributed by atoms with Gasteiger partial charge in [-0.25, -0.2) is 4.98 Å². The summed E-state index contributed by atoms with van der Waals surface area (Å²) in [5, 5.41) is 3.15. The van der Waals surface area contributed by atoms with E-state index in [2.05, 4.69) is 29.0 Å². The number of nitrogens with one attached hydrogen (secondary N) is 1. The summed E-state index contributed by atoms with van der Waals surface area (Å²) in [5.74, 6) is 1.45. The maximum atomic E-state index is 12.8. The van der Waals surface area contributed by atoms with Crippen LogP contribution in [0.3, 0.4) is 0 Å². The van der Waals surface area contributed by atoms with Crippen molar-refractivity contribution in [3.63, 3.8) is 0 Å². The fourth-order valence-electron chi connectivity index (χ4n) is 3.97. The van der Waals surface area contributed by atoms with Crippen molar-refractivity contribution in [1.82, 2.24) is 15.2 Å². The molecule has 0 saturated carbocycles. The van der Waals surface area contributed by atoms with Crippen LogP contribution in [-0.4, -0.2) is 55.6 Å². The van der Waals surface area contributed by atoms with E-state index in [-0.39, 0.29) is 24.4 Å². The average molecular weight is 465 g/mol. The number of halogens is 3. The number of carbonyl (C=O) groups is 1. The molecular formula is C24H31F3N4O2. The minimum Gasteiger partial charge on any atom is -0.497 e. The van der Waals surface area contributed by atoms with Crippen LogP contribution in [0.5, 0.6) is 5.75 Å². The second-order valence-corrected chi connectivity index (χ2v) is 8.58. The van der Waals surface area contributed by atoms with E-state index in [1.54, 1.807) is 7.11 Å². The lowest BCUT2D eigenvalue weighted by molar-refractivity contribution is -0.137. The van der Waals surface area contributed by atoms with Crippen LogP contribution in [-0.2, 0) is 11.0 Å². The van der Waals surface area contributed by atoms with Gasteiger partial charge in [-0.1, -0.05) is 26.0 Å². The highest BCUT2D eigenvalue weighted by atomic mass is 19.4. The maximum Gasteiger partial charge on any atom is 0.417 e. The van der Waals surface area contributed by atoms with Gasteiger partial charge >= 0.3 is 6.18 Å². The molecule has 2 heterocycles. The Balaban J connectivity index is 1.56. The van der Waals surface area contributed by atoms with Crippen LogP contribution in [0.2, 0.25) is 0 Å². The van der Waals surface area contributed by atoms with Crippen LogP contribution in [0.15, 0.2) is 42.6 Å². The van der Waals surface area contributed by atoms with Crippen LogP contribution in [0.4, 0.5) is 19.0 Å². The lowest BCUT2D eigenvalue weighted by Gasteiger charge is -2.26. The van der Waals surface area contributed by atoms with Gasteiger partial charge in [0.25, 0.3) is 0 Å². The number of methoxy groups -OCH3 is 1. The molecule has 1 unspecified atom stereocenters. The van der Waals surface area contributed by atoms with Gasteiger partial charge in [-0.05, 0) is 42.2 Å². The monoisotopic (exact) mass is 464 g/mol. The Morgan fingerprint density at radius 3 is 2.39 bits per heavy atom. The molecule has 1 aliphatic rings. The molecule has 1 aliphatic heterocycles. The molecule has 0 bridgehead atoms. The van der Waals surface area contributed by atoms with E-state index in [1.807, 2.05) is 29.2 Å². The molecule has 3 rings (SSSR count). The second-order valence-electron chi connectivity index (χ2n) is 8.58. The van der Waals surface area contributed by atoms with Crippen molar-refractivity contribution in [1.29, 1.82) is 0 Å². The van der Waals surface area contributed by atoms with E-state index >= 15 is 0 Å². The molecule has 9 heteroatoms. The minimum atomic E-state index is -4.39. The Morgan fingerprint density at radius 2 is 1.82 bits per heavy atom. The van der Waals surface area contributed by atoms with E-state index in [4.69, 9.17) is 4.74 Å². The smallest absolute Gasteiger partial charge is 0.417 e. The van der Waals surface area contributed by atoms with Gasteiger partial charge in [-0.2, -0.15) is 13.2 Å². The number of pyridine rings is 1. The SMILES string of the molecule is COc1ccc(C(NC(=O)CN2CCCN(c3ccc(C(F)(F)F)cn3)CC2)C(C)C)cc1. The molecule has 1 fully saturated rings. The van der Waals surface area contributed by atoms with Crippen LogP contribution < -0.4 is 15.0 Å². The zero-order valence-electron chi connectivity index (χ0n) is 19.2. The van der Waals surface area contributed by atoms with Gasteiger partial charge in [-0.15, -0.1) is 0 Å². The fraction of sp³-hybridized carbons (Fsp3) is 0.500. The van der Waals surface area contributed by atoms with Crippen LogP contribution in [0.25, 0.3) is 0 Å². The van der Waals surface area contributed by atoms with Gasteiger partial charge in [0.15, 0.2) is 0 Å². The third kappa shape index (κ3) is 6.83. The number of hydrogen-bond acceptors (Lipinski definition) is 5. The van der Waals surface area contributed by atoms with Crippen molar-refractivity contribution in [2.75, 3.05) is 44.7 Å². The number of aromatic nitrogens is 1. The van der Waals surface area contributed by atoms with Crippen molar-refractivity contribution in [2.24, 2.45) is 5.92 Å². The van der Waals surface area contributed by atoms with Crippen molar-refractivity contribution >= 4 is 11.7 Å². The molecule has 1 amide bonds. The lowest BCUT2D eigenvalue weighted by Crippen LogP contribution is -2.41. The highest BCUT2D eigenvalue weighted by molar-refractivity contribution is 5.78. The van der Waals surface area contributed by atoms with Crippen LogP contribution in [0.1, 0.15) is 37.4 Å². The molecule has 180 valence electrons. The van der Waals surface area contributed by atoms with E-state index in [9.17, 15) is 18.0 Å². The molecule has 1 saturated heterocycles. The first-order valence-corrected chi connectivity index (χ1v) is 11.1. The van der Waals surface area contributed by atoms with Gasteiger partial charge in [0, 0.05) is 32.4 Å². The molecule has 1 aromatic heterocycles.